The van der Waals surface area contributed by atoms with Crippen molar-refractivity contribution >= 4 is 35.0 Å². The second-order valence-electron chi connectivity index (χ2n) is 8.20. The van der Waals surface area contributed by atoms with E-state index in [1.54, 1.807) is 42.5 Å². The van der Waals surface area contributed by atoms with E-state index in [1.807, 2.05) is 0 Å². The van der Waals surface area contributed by atoms with Crippen molar-refractivity contribution in [2.75, 3.05) is 11.9 Å². The van der Waals surface area contributed by atoms with Crippen LogP contribution in [0.25, 0.3) is 11.4 Å². The topological polar surface area (TPSA) is 97.2 Å². The molecule has 0 bridgehead atoms. The van der Waals surface area contributed by atoms with E-state index in [1.165, 1.54) is 0 Å². The number of carbonyl (C=O) groups excluding carboxylic acids is 3. The van der Waals surface area contributed by atoms with Crippen LogP contribution >= 0.6 is 11.6 Å². The molecule has 2 aromatic carbocycles. The highest BCUT2D eigenvalue weighted by Crippen LogP contribution is 2.31. The molecule has 0 spiro atoms. The Morgan fingerprint density at radius 2 is 1.73 bits per heavy atom. The molecule has 3 amide bonds. The van der Waals surface area contributed by atoms with Gasteiger partial charge < -0.3 is 9.88 Å². The lowest BCUT2D eigenvalue weighted by Gasteiger charge is -2.14. The zero-order chi connectivity index (χ0) is 22.9. The Balaban J connectivity index is 1.28. The first-order valence-electron chi connectivity index (χ1n) is 11.0. The maximum Gasteiger partial charge on any atom is 0.261 e. The molecule has 1 N–H and O–H groups in total. The number of imide groups is 1. The highest BCUT2D eigenvalue weighted by atomic mass is 35.5. The van der Waals surface area contributed by atoms with Gasteiger partial charge in [0.1, 0.15) is 5.82 Å². The number of anilines is 1. The fourth-order valence-corrected chi connectivity index (χ4v) is 4.54. The van der Waals surface area contributed by atoms with Gasteiger partial charge in [-0.05, 0) is 43.2 Å². The third-order valence-corrected chi connectivity index (χ3v) is 6.37. The predicted molar refractivity (Wildman–Crippen MR) is 123 cm³/mol. The molecule has 1 aromatic heterocycles. The highest BCUT2D eigenvalue weighted by molar-refractivity contribution is 6.33. The number of hydrogen-bond acceptors (Lipinski definition) is 5. The normalized spacial score (nSPS) is 15.2. The molecule has 0 saturated carbocycles. The smallest absolute Gasteiger partial charge is 0.261 e. The van der Waals surface area contributed by atoms with E-state index < -0.39 is 0 Å². The molecular weight excluding hydrogens is 442 g/mol. The molecular formula is C24H22ClN5O3. The first-order chi connectivity index (χ1) is 16.0. The van der Waals surface area contributed by atoms with Gasteiger partial charge in [0.05, 0.1) is 16.1 Å². The Kier molecular flexibility index (Phi) is 5.68. The second-order valence-corrected chi connectivity index (χ2v) is 8.61. The van der Waals surface area contributed by atoms with Crippen molar-refractivity contribution in [1.29, 1.82) is 0 Å². The van der Waals surface area contributed by atoms with Gasteiger partial charge >= 0.3 is 0 Å². The lowest BCUT2D eigenvalue weighted by molar-refractivity contribution is -0.116. The number of carbonyl (C=O) groups is 3. The van der Waals surface area contributed by atoms with Crippen molar-refractivity contribution in [1.82, 2.24) is 19.7 Å². The fourth-order valence-electron chi connectivity index (χ4n) is 4.34. The molecule has 2 aliphatic rings. The summed E-state index contributed by atoms with van der Waals surface area (Å²) in [4.78, 5) is 38.7. The molecule has 3 heterocycles. The lowest BCUT2D eigenvalue weighted by atomic mass is 10.1. The number of benzene rings is 2. The quantitative estimate of drug-likeness (QED) is 0.578. The molecule has 168 valence electrons. The zero-order valence-corrected chi connectivity index (χ0v) is 18.6. The zero-order valence-electron chi connectivity index (χ0n) is 17.9. The van der Waals surface area contributed by atoms with Gasteiger partial charge in [-0.15, -0.1) is 10.2 Å². The van der Waals surface area contributed by atoms with Gasteiger partial charge in [0.15, 0.2) is 5.82 Å². The minimum absolute atomic E-state index is 0.0102. The van der Waals surface area contributed by atoms with E-state index >= 15 is 0 Å². The fraction of sp³-hybridized carbons (Fsp3) is 0.292. The number of fused-ring (bicyclic) bond motifs is 2. The Bertz CT molecular complexity index is 1230. The van der Waals surface area contributed by atoms with Crippen LogP contribution in [0, 0.1) is 0 Å². The third kappa shape index (κ3) is 4.02. The third-order valence-electron chi connectivity index (χ3n) is 6.04. The van der Waals surface area contributed by atoms with Gasteiger partial charge in [0.25, 0.3) is 11.8 Å². The van der Waals surface area contributed by atoms with Crippen LogP contribution in [0.3, 0.4) is 0 Å². The monoisotopic (exact) mass is 463 g/mol. The maximum absolute atomic E-state index is 12.6. The number of amides is 3. The van der Waals surface area contributed by atoms with E-state index in [2.05, 4.69) is 20.1 Å². The van der Waals surface area contributed by atoms with Gasteiger partial charge in [-0.2, -0.15) is 0 Å². The predicted octanol–water partition coefficient (Wildman–Crippen LogP) is 3.95. The minimum Gasteiger partial charge on any atom is -0.326 e. The average Bonchev–Trinajstić information content (AvgIpc) is 3.21. The van der Waals surface area contributed by atoms with E-state index in [4.69, 9.17) is 11.6 Å². The molecule has 2 aliphatic heterocycles. The number of aromatic nitrogens is 3. The summed E-state index contributed by atoms with van der Waals surface area (Å²) in [5, 5.41) is 12.0. The average molecular weight is 464 g/mol. The standard InChI is InChI=1S/C24H22ClN5O3/c25-19-10-9-15(14-18(19)22-28-27-20-8-2-1-5-12-29(20)22)26-21(31)11-13-30-23(32)16-6-3-4-7-17(16)24(30)33/h3-4,6-7,9-10,14H,1-2,5,8,11-13H2,(H,26,31). The summed E-state index contributed by atoms with van der Waals surface area (Å²) in [6, 6.07) is 11.9. The summed E-state index contributed by atoms with van der Waals surface area (Å²) in [7, 11) is 0. The molecule has 0 radical (unpaired) electrons. The Morgan fingerprint density at radius 3 is 2.48 bits per heavy atom. The summed E-state index contributed by atoms with van der Waals surface area (Å²) in [6.45, 7) is 0.848. The van der Waals surface area contributed by atoms with Crippen LogP contribution in [-0.2, 0) is 17.8 Å². The van der Waals surface area contributed by atoms with Crippen LogP contribution in [0.4, 0.5) is 5.69 Å². The highest BCUT2D eigenvalue weighted by Gasteiger charge is 2.35. The molecule has 9 heteroatoms. The Hall–Kier alpha value is -3.52. The number of halogens is 1. The lowest BCUT2D eigenvalue weighted by Crippen LogP contribution is -2.32. The molecule has 8 nitrogen and oxygen atoms in total. The van der Waals surface area contributed by atoms with Crippen LogP contribution in [0.2, 0.25) is 5.02 Å². The second kappa shape index (κ2) is 8.78. The molecule has 0 atom stereocenters. The van der Waals surface area contributed by atoms with E-state index in [9.17, 15) is 14.4 Å². The first-order valence-corrected chi connectivity index (χ1v) is 11.4. The number of nitrogens with zero attached hydrogens (tertiary/aromatic N) is 4. The molecule has 33 heavy (non-hydrogen) atoms. The van der Waals surface area contributed by atoms with E-state index in [0.717, 1.165) is 43.0 Å². The van der Waals surface area contributed by atoms with Crippen LogP contribution in [0.15, 0.2) is 42.5 Å². The maximum atomic E-state index is 12.6. The molecule has 0 aliphatic carbocycles. The van der Waals surface area contributed by atoms with Crippen LogP contribution in [-0.4, -0.2) is 43.9 Å². The van der Waals surface area contributed by atoms with E-state index in [0.29, 0.717) is 33.2 Å². The van der Waals surface area contributed by atoms with Crippen molar-refractivity contribution in [3.05, 3.63) is 64.4 Å². The number of nitrogens with one attached hydrogen (secondary N) is 1. The van der Waals surface area contributed by atoms with Gasteiger partial charge in [0, 0.05) is 37.2 Å². The Morgan fingerprint density at radius 1 is 0.970 bits per heavy atom. The summed E-state index contributed by atoms with van der Waals surface area (Å²) in [6.07, 6.45) is 4.18. The first kappa shape index (κ1) is 21.3. The van der Waals surface area contributed by atoms with E-state index in [-0.39, 0.29) is 30.7 Å². The SMILES string of the molecule is O=C(CCN1C(=O)c2ccccc2C1=O)Nc1ccc(Cl)c(-c2nnc3n2CCCCC3)c1. The Labute approximate surface area is 195 Å². The number of hydrogen-bond donors (Lipinski definition) is 1. The molecule has 0 saturated heterocycles. The molecule has 0 fully saturated rings. The van der Waals surface area contributed by atoms with Crippen LogP contribution in [0.1, 0.15) is 52.2 Å². The largest absolute Gasteiger partial charge is 0.326 e. The van der Waals surface area contributed by atoms with Crippen LogP contribution < -0.4 is 5.32 Å². The van der Waals surface area contributed by atoms with Gasteiger partial charge in [0.2, 0.25) is 5.91 Å². The van der Waals surface area contributed by atoms with Gasteiger partial charge in [-0.1, -0.05) is 30.2 Å². The number of aryl methyl sites for hydroxylation is 1. The van der Waals surface area contributed by atoms with Crippen molar-refractivity contribution in [2.24, 2.45) is 0 Å². The molecule has 3 aromatic rings. The van der Waals surface area contributed by atoms with Gasteiger partial charge in [-0.3, -0.25) is 19.3 Å². The van der Waals surface area contributed by atoms with Crippen molar-refractivity contribution in [3.63, 3.8) is 0 Å². The van der Waals surface area contributed by atoms with Crippen molar-refractivity contribution in [2.45, 2.75) is 38.6 Å². The summed E-state index contributed by atoms with van der Waals surface area (Å²) in [5.41, 5.74) is 2.01. The number of rotatable bonds is 5. The summed E-state index contributed by atoms with van der Waals surface area (Å²) >= 11 is 6.46. The van der Waals surface area contributed by atoms with Crippen molar-refractivity contribution < 1.29 is 14.4 Å². The summed E-state index contributed by atoms with van der Waals surface area (Å²) in [5.74, 6) is 0.599. The van der Waals surface area contributed by atoms with Gasteiger partial charge in [-0.25, -0.2) is 0 Å². The van der Waals surface area contributed by atoms with Crippen LogP contribution in [0.5, 0.6) is 0 Å². The molecule has 5 rings (SSSR count). The summed E-state index contributed by atoms with van der Waals surface area (Å²) < 4.78 is 2.10. The van der Waals surface area contributed by atoms with Crippen molar-refractivity contribution in [3.8, 4) is 11.4 Å². The minimum atomic E-state index is -0.371. The molecule has 0 unspecified atom stereocenters.